The molecule has 1 aliphatic rings. The van der Waals surface area contributed by atoms with Crippen LogP contribution in [-0.2, 0) is 6.42 Å². The lowest BCUT2D eigenvalue weighted by Crippen LogP contribution is -2.05. The predicted molar refractivity (Wildman–Crippen MR) is 76.8 cm³/mol. The third kappa shape index (κ3) is 2.27. The van der Waals surface area contributed by atoms with Crippen molar-refractivity contribution in [2.45, 2.75) is 26.4 Å². The second-order valence-electron chi connectivity index (χ2n) is 4.83. The molecule has 0 radical (unpaired) electrons. The molecule has 0 bridgehead atoms. The molecule has 5 nitrogen and oxygen atoms in total. The van der Waals surface area contributed by atoms with Crippen molar-refractivity contribution in [3.63, 3.8) is 0 Å². The Morgan fingerprint density at radius 1 is 1.45 bits per heavy atom. The zero-order chi connectivity index (χ0) is 14.1. The average molecular weight is 271 g/mol. The highest BCUT2D eigenvalue weighted by Gasteiger charge is 2.23. The van der Waals surface area contributed by atoms with E-state index in [1.807, 2.05) is 19.1 Å². The molecule has 1 aliphatic heterocycles. The van der Waals surface area contributed by atoms with Gasteiger partial charge in [-0.3, -0.25) is 0 Å². The molecule has 20 heavy (non-hydrogen) atoms. The number of anilines is 1. The van der Waals surface area contributed by atoms with Gasteiger partial charge in [-0.15, -0.1) is 0 Å². The Morgan fingerprint density at radius 3 is 3.05 bits per heavy atom. The number of benzene rings is 1. The van der Waals surface area contributed by atoms with Crippen molar-refractivity contribution in [3.8, 4) is 22.9 Å². The summed E-state index contributed by atoms with van der Waals surface area (Å²) < 4.78 is 11.5. The summed E-state index contributed by atoms with van der Waals surface area (Å²) in [6.45, 7) is 4.60. The fraction of sp³-hybridized carbons (Fsp3) is 0.333. The zero-order valence-electron chi connectivity index (χ0n) is 11.6. The van der Waals surface area contributed by atoms with Crippen molar-refractivity contribution in [1.29, 1.82) is 0 Å². The van der Waals surface area contributed by atoms with Crippen LogP contribution in [0.2, 0.25) is 0 Å². The SMILES string of the molecule is CCOc1cc2c(cc1-c1nccc(N)n1)OC(C)C2. The van der Waals surface area contributed by atoms with Crippen LogP contribution in [0.1, 0.15) is 19.4 Å². The van der Waals surface area contributed by atoms with Gasteiger partial charge in [0.2, 0.25) is 0 Å². The smallest absolute Gasteiger partial charge is 0.165 e. The Bertz CT molecular complexity index is 643. The Morgan fingerprint density at radius 2 is 2.30 bits per heavy atom. The number of nitrogen functional groups attached to an aromatic ring is 1. The van der Waals surface area contributed by atoms with Gasteiger partial charge in [-0.05, 0) is 32.0 Å². The lowest BCUT2D eigenvalue weighted by atomic mass is 10.1. The van der Waals surface area contributed by atoms with E-state index in [4.69, 9.17) is 15.2 Å². The van der Waals surface area contributed by atoms with E-state index < -0.39 is 0 Å². The predicted octanol–water partition coefficient (Wildman–Crippen LogP) is 2.45. The Labute approximate surface area is 117 Å². The van der Waals surface area contributed by atoms with Crippen molar-refractivity contribution in [2.24, 2.45) is 0 Å². The van der Waals surface area contributed by atoms with Gasteiger partial charge in [-0.25, -0.2) is 9.97 Å². The summed E-state index contributed by atoms with van der Waals surface area (Å²) in [6.07, 6.45) is 2.73. The molecule has 104 valence electrons. The third-order valence-electron chi connectivity index (χ3n) is 3.22. The van der Waals surface area contributed by atoms with Crippen LogP contribution in [0.4, 0.5) is 5.82 Å². The van der Waals surface area contributed by atoms with Crippen LogP contribution in [0.25, 0.3) is 11.4 Å². The fourth-order valence-corrected chi connectivity index (χ4v) is 2.39. The van der Waals surface area contributed by atoms with E-state index in [2.05, 4.69) is 16.9 Å². The molecule has 2 heterocycles. The van der Waals surface area contributed by atoms with Crippen molar-refractivity contribution in [3.05, 3.63) is 30.0 Å². The first-order chi connectivity index (χ1) is 9.67. The minimum atomic E-state index is 0.191. The van der Waals surface area contributed by atoms with E-state index in [0.29, 0.717) is 18.2 Å². The molecule has 0 saturated heterocycles. The normalized spacial score (nSPS) is 16.6. The van der Waals surface area contributed by atoms with Crippen molar-refractivity contribution >= 4 is 5.82 Å². The maximum atomic E-state index is 5.79. The molecular weight excluding hydrogens is 254 g/mol. The summed E-state index contributed by atoms with van der Waals surface area (Å²) in [7, 11) is 0. The summed E-state index contributed by atoms with van der Waals surface area (Å²) in [5, 5.41) is 0. The highest BCUT2D eigenvalue weighted by atomic mass is 16.5. The number of hydrogen-bond donors (Lipinski definition) is 1. The van der Waals surface area contributed by atoms with Crippen molar-refractivity contribution < 1.29 is 9.47 Å². The summed E-state index contributed by atoms with van der Waals surface area (Å²) in [5.41, 5.74) is 7.70. The topological polar surface area (TPSA) is 70.3 Å². The molecule has 0 saturated carbocycles. The largest absolute Gasteiger partial charge is 0.493 e. The van der Waals surface area contributed by atoms with Gasteiger partial charge in [0.25, 0.3) is 0 Å². The Hall–Kier alpha value is -2.30. The third-order valence-corrected chi connectivity index (χ3v) is 3.22. The van der Waals surface area contributed by atoms with Crippen LogP contribution in [0, 0.1) is 0 Å². The van der Waals surface area contributed by atoms with Crippen LogP contribution in [0.3, 0.4) is 0 Å². The number of nitrogens with two attached hydrogens (primary N) is 1. The van der Waals surface area contributed by atoms with Crippen molar-refractivity contribution in [2.75, 3.05) is 12.3 Å². The number of hydrogen-bond acceptors (Lipinski definition) is 5. The second kappa shape index (κ2) is 5.00. The highest BCUT2D eigenvalue weighted by Crippen LogP contribution is 2.39. The zero-order valence-corrected chi connectivity index (χ0v) is 11.6. The standard InChI is InChI=1S/C15H17N3O2/c1-3-19-13-7-10-6-9(2)20-12(10)8-11(13)15-17-5-4-14(16)18-15/h4-5,7-9H,3,6H2,1-2H3,(H2,16,17,18). The number of ether oxygens (including phenoxy) is 2. The maximum Gasteiger partial charge on any atom is 0.165 e. The van der Waals surface area contributed by atoms with Crippen LogP contribution < -0.4 is 15.2 Å². The lowest BCUT2D eigenvalue weighted by molar-refractivity contribution is 0.254. The molecule has 1 aromatic carbocycles. The molecule has 1 unspecified atom stereocenters. The first-order valence-corrected chi connectivity index (χ1v) is 6.72. The molecule has 0 aliphatic carbocycles. The van der Waals surface area contributed by atoms with E-state index in [0.717, 1.165) is 29.0 Å². The van der Waals surface area contributed by atoms with Gasteiger partial charge >= 0.3 is 0 Å². The number of nitrogens with zero attached hydrogens (tertiary/aromatic N) is 2. The summed E-state index contributed by atoms with van der Waals surface area (Å²) in [6, 6.07) is 5.62. The number of rotatable bonds is 3. The van der Waals surface area contributed by atoms with Crippen LogP contribution >= 0.6 is 0 Å². The Balaban J connectivity index is 2.11. The van der Waals surface area contributed by atoms with Crippen LogP contribution in [0.5, 0.6) is 11.5 Å². The fourth-order valence-electron chi connectivity index (χ4n) is 2.39. The van der Waals surface area contributed by atoms with Gasteiger partial charge in [0.05, 0.1) is 12.2 Å². The minimum Gasteiger partial charge on any atom is -0.493 e. The quantitative estimate of drug-likeness (QED) is 0.928. The summed E-state index contributed by atoms with van der Waals surface area (Å²) in [5.74, 6) is 2.64. The van der Waals surface area contributed by atoms with Crippen LogP contribution in [-0.4, -0.2) is 22.7 Å². The summed E-state index contributed by atoms with van der Waals surface area (Å²) >= 11 is 0. The first kappa shape index (κ1) is 12.7. The Kier molecular flexibility index (Phi) is 3.18. The molecule has 1 aromatic heterocycles. The van der Waals surface area contributed by atoms with E-state index in [1.54, 1.807) is 12.3 Å². The highest BCUT2D eigenvalue weighted by molar-refractivity contribution is 5.69. The van der Waals surface area contributed by atoms with Gasteiger partial charge < -0.3 is 15.2 Å². The molecule has 2 aromatic rings. The van der Waals surface area contributed by atoms with Gasteiger partial charge in [0.1, 0.15) is 23.4 Å². The van der Waals surface area contributed by atoms with E-state index in [1.165, 1.54) is 0 Å². The average Bonchev–Trinajstić information content (AvgIpc) is 2.77. The van der Waals surface area contributed by atoms with Crippen LogP contribution in [0.15, 0.2) is 24.4 Å². The summed E-state index contributed by atoms with van der Waals surface area (Å²) in [4.78, 5) is 8.53. The molecule has 0 spiro atoms. The van der Waals surface area contributed by atoms with Gasteiger partial charge in [0.15, 0.2) is 5.82 Å². The van der Waals surface area contributed by atoms with Gasteiger partial charge in [0, 0.05) is 18.2 Å². The second-order valence-corrected chi connectivity index (χ2v) is 4.83. The van der Waals surface area contributed by atoms with Gasteiger partial charge in [-0.2, -0.15) is 0 Å². The molecule has 0 amide bonds. The van der Waals surface area contributed by atoms with Gasteiger partial charge in [-0.1, -0.05) is 0 Å². The van der Waals surface area contributed by atoms with E-state index >= 15 is 0 Å². The maximum absolute atomic E-state index is 5.79. The molecule has 1 atom stereocenters. The molecule has 0 fully saturated rings. The number of aromatic nitrogens is 2. The minimum absolute atomic E-state index is 0.191. The lowest BCUT2D eigenvalue weighted by Gasteiger charge is -2.11. The number of fused-ring (bicyclic) bond motifs is 1. The molecule has 2 N–H and O–H groups in total. The van der Waals surface area contributed by atoms with E-state index in [-0.39, 0.29) is 6.10 Å². The monoisotopic (exact) mass is 271 g/mol. The molecular formula is C15H17N3O2. The molecule has 3 rings (SSSR count). The van der Waals surface area contributed by atoms with Crippen molar-refractivity contribution in [1.82, 2.24) is 9.97 Å². The first-order valence-electron chi connectivity index (χ1n) is 6.72. The van der Waals surface area contributed by atoms with E-state index in [9.17, 15) is 0 Å². The molecule has 5 heteroatoms.